The quantitative estimate of drug-likeness (QED) is 0.825. The Bertz CT molecular complexity index is 756. The topological polar surface area (TPSA) is 38.2 Å². The van der Waals surface area contributed by atoms with E-state index in [1.807, 2.05) is 5.32 Å². The van der Waals surface area contributed by atoms with Crippen molar-refractivity contribution in [2.45, 2.75) is 25.2 Å². The Labute approximate surface area is 142 Å². The molecule has 132 valence electrons. The van der Waals surface area contributed by atoms with Gasteiger partial charge in [-0.05, 0) is 24.3 Å². The standard InChI is InChI=1S/C18H16F4N2O/c19-15-3-1-2-13(8-15)17-9-16(25-24-17)11-23-10-12-4-6-14(7-5-12)18(20,21)22/h1-8,16,23H,9-11H2/p+1/t16-/m0/s1. The summed E-state index contributed by atoms with van der Waals surface area (Å²) >= 11 is 0. The van der Waals surface area contributed by atoms with Crippen LogP contribution in [-0.4, -0.2) is 18.4 Å². The van der Waals surface area contributed by atoms with Gasteiger partial charge in [-0.2, -0.15) is 13.2 Å². The average molecular weight is 353 g/mol. The highest BCUT2D eigenvalue weighted by Gasteiger charge is 2.30. The van der Waals surface area contributed by atoms with E-state index in [4.69, 9.17) is 4.84 Å². The molecule has 1 aliphatic heterocycles. The number of benzene rings is 2. The molecule has 1 atom stereocenters. The molecule has 3 rings (SSSR count). The molecule has 0 aliphatic carbocycles. The lowest BCUT2D eigenvalue weighted by Gasteiger charge is -2.09. The van der Waals surface area contributed by atoms with Crippen LogP contribution in [0.25, 0.3) is 0 Å². The van der Waals surface area contributed by atoms with Gasteiger partial charge in [-0.25, -0.2) is 4.39 Å². The van der Waals surface area contributed by atoms with Crippen molar-refractivity contribution in [3.63, 3.8) is 0 Å². The molecule has 3 nitrogen and oxygen atoms in total. The fraction of sp³-hybridized carbons (Fsp3) is 0.278. The molecule has 0 saturated carbocycles. The molecule has 2 aromatic carbocycles. The van der Waals surface area contributed by atoms with Gasteiger partial charge in [0.1, 0.15) is 18.9 Å². The molecule has 1 heterocycles. The maximum absolute atomic E-state index is 13.2. The number of halogens is 4. The smallest absolute Gasteiger partial charge is 0.386 e. The van der Waals surface area contributed by atoms with Crippen molar-refractivity contribution < 1.29 is 27.7 Å². The summed E-state index contributed by atoms with van der Waals surface area (Å²) in [5.74, 6) is -0.322. The maximum atomic E-state index is 13.2. The van der Waals surface area contributed by atoms with E-state index in [0.29, 0.717) is 30.8 Å². The summed E-state index contributed by atoms with van der Waals surface area (Å²) in [7, 11) is 0. The van der Waals surface area contributed by atoms with Crippen molar-refractivity contribution in [3.8, 4) is 0 Å². The highest BCUT2D eigenvalue weighted by molar-refractivity contribution is 6.01. The highest BCUT2D eigenvalue weighted by Crippen LogP contribution is 2.28. The molecule has 0 spiro atoms. The Hall–Kier alpha value is -2.41. The molecule has 1 aliphatic rings. The zero-order chi connectivity index (χ0) is 17.9. The molecule has 0 saturated heterocycles. The highest BCUT2D eigenvalue weighted by atomic mass is 19.4. The molecule has 0 fully saturated rings. The Morgan fingerprint density at radius 1 is 1.12 bits per heavy atom. The molecule has 0 unspecified atom stereocenters. The third-order valence-corrected chi connectivity index (χ3v) is 3.98. The van der Waals surface area contributed by atoms with E-state index in [2.05, 4.69) is 5.16 Å². The molecule has 0 aromatic heterocycles. The summed E-state index contributed by atoms with van der Waals surface area (Å²) in [6.07, 6.45) is -3.87. The summed E-state index contributed by atoms with van der Waals surface area (Å²) in [6, 6.07) is 11.3. The minimum atomic E-state index is -4.31. The van der Waals surface area contributed by atoms with Crippen LogP contribution < -0.4 is 5.32 Å². The minimum Gasteiger partial charge on any atom is -0.386 e. The van der Waals surface area contributed by atoms with Crippen LogP contribution in [0.1, 0.15) is 23.1 Å². The van der Waals surface area contributed by atoms with Gasteiger partial charge in [-0.1, -0.05) is 29.4 Å². The van der Waals surface area contributed by atoms with Gasteiger partial charge < -0.3 is 10.2 Å². The summed E-state index contributed by atoms with van der Waals surface area (Å²) in [6.45, 7) is 1.16. The van der Waals surface area contributed by atoms with E-state index < -0.39 is 11.7 Å². The first kappa shape index (κ1) is 17.4. The van der Waals surface area contributed by atoms with Crippen LogP contribution in [0.5, 0.6) is 0 Å². The van der Waals surface area contributed by atoms with Crippen LogP contribution >= 0.6 is 0 Å². The predicted octanol–water partition coefficient (Wildman–Crippen LogP) is 3.10. The summed E-state index contributed by atoms with van der Waals surface area (Å²) in [5.41, 5.74) is 1.55. The lowest BCUT2D eigenvalue weighted by molar-refractivity contribution is -0.676. The SMILES string of the molecule is Fc1cccc(C2=NO[C@H](C[NH2+]Cc3ccc(C(F)(F)F)cc3)C2)c1. The van der Waals surface area contributed by atoms with E-state index in [9.17, 15) is 17.6 Å². The second kappa shape index (κ2) is 7.23. The fourth-order valence-electron chi connectivity index (χ4n) is 2.66. The minimum absolute atomic E-state index is 0.132. The average Bonchev–Trinajstić information content (AvgIpc) is 3.03. The van der Waals surface area contributed by atoms with Crippen LogP contribution in [0.15, 0.2) is 53.7 Å². The second-order valence-corrected chi connectivity index (χ2v) is 5.90. The lowest BCUT2D eigenvalue weighted by atomic mass is 10.0. The molecule has 0 bridgehead atoms. The number of oxime groups is 1. The van der Waals surface area contributed by atoms with Gasteiger partial charge in [-0.15, -0.1) is 0 Å². The number of nitrogens with two attached hydrogens (primary N) is 1. The van der Waals surface area contributed by atoms with E-state index in [1.165, 1.54) is 24.3 Å². The maximum Gasteiger partial charge on any atom is 0.416 e. The molecule has 0 radical (unpaired) electrons. The van der Waals surface area contributed by atoms with E-state index >= 15 is 0 Å². The van der Waals surface area contributed by atoms with Crippen LogP contribution in [0.2, 0.25) is 0 Å². The Morgan fingerprint density at radius 2 is 1.88 bits per heavy atom. The third kappa shape index (κ3) is 4.57. The summed E-state index contributed by atoms with van der Waals surface area (Å²) in [4.78, 5) is 5.35. The number of hydrogen-bond donors (Lipinski definition) is 1. The van der Waals surface area contributed by atoms with Crippen molar-refractivity contribution in [1.82, 2.24) is 0 Å². The molecule has 7 heteroatoms. The van der Waals surface area contributed by atoms with Gasteiger partial charge in [0, 0.05) is 17.5 Å². The first-order chi connectivity index (χ1) is 11.9. The first-order valence-electron chi connectivity index (χ1n) is 7.88. The van der Waals surface area contributed by atoms with Crippen molar-refractivity contribution in [3.05, 3.63) is 71.0 Å². The molecule has 25 heavy (non-hydrogen) atoms. The number of alkyl halides is 3. The van der Waals surface area contributed by atoms with Crippen LogP contribution in [0.4, 0.5) is 17.6 Å². The summed E-state index contributed by atoms with van der Waals surface area (Å²) < 4.78 is 50.8. The molecule has 2 aromatic rings. The van der Waals surface area contributed by atoms with E-state index in [-0.39, 0.29) is 11.9 Å². The van der Waals surface area contributed by atoms with Crippen LogP contribution in [-0.2, 0) is 17.6 Å². The van der Waals surface area contributed by atoms with Crippen LogP contribution in [0.3, 0.4) is 0 Å². The Balaban J connectivity index is 1.46. The molecule has 0 amide bonds. The van der Waals surface area contributed by atoms with E-state index in [1.54, 1.807) is 12.1 Å². The molecule has 2 N–H and O–H groups in total. The zero-order valence-corrected chi connectivity index (χ0v) is 13.3. The van der Waals surface area contributed by atoms with Crippen molar-refractivity contribution in [2.24, 2.45) is 5.16 Å². The summed E-state index contributed by atoms with van der Waals surface area (Å²) in [5, 5.41) is 5.95. The molecular formula is C18H17F4N2O+. The predicted molar refractivity (Wildman–Crippen MR) is 84.4 cm³/mol. The number of nitrogens with zero attached hydrogens (tertiary/aromatic N) is 1. The largest absolute Gasteiger partial charge is 0.416 e. The van der Waals surface area contributed by atoms with E-state index in [0.717, 1.165) is 17.7 Å². The lowest BCUT2D eigenvalue weighted by Crippen LogP contribution is -2.84. The van der Waals surface area contributed by atoms with Crippen molar-refractivity contribution in [1.29, 1.82) is 0 Å². The zero-order valence-electron chi connectivity index (χ0n) is 13.3. The Kier molecular flexibility index (Phi) is 5.03. The number of quaternary nitrogens is 1. The number of rotatable bonds is 5. The van der Waals surface area contributed by atoms with Gasteiger partial charge in [0.25, 0.3) is 0 Å². The second-order valence-electron chi connectivity index (χ2n) is 5.90. The Morgan fingerprint density at radius 3 is 2.56 bits per heavy atom. The normalized spacial score (nSPS) is 17.3. The van der Waals surface area contributed by atoms with Gasteiger partial charge >= 0.3 is 6.18 Å². The van der Waals surface area contributed by atoms with Gasteiger partial charge in [-0.3, -0.25) is 0 Å². The van der Waals surface area contributed by atoms with Gasteiger partial charge in [0.2, 0.25) is 0 Å². The third-order valence-electron chi connectivity index (χ3n) is 3.98. The first-order valence-corrected chi connectivity index (χ1v) is 7.88. The number of hydrogen-bond acceptors (Lipinski definition) is 2. The van der Waals surface area contributed by atoms with Gasteiger partial charge in [0.15, 0.2) is 6.10 Å². The van der Waals surface area contributed by atoms with Crippen molar-refractivity contribution in [2.75, 3.05) is 6.54 Å². The fourth-order valence-corrected chi connectivity index (χ4v) is 2.66. The van der Waals surface area contributed by atoms with Crippen LogP contribution in [0, 0.1) is 5.82 Å². The monoisotopic (exact) mass is 353 g/mol. The molecular weight excluding hydrogens is 336 g/mol. The van der Waals surface area contributed by atoms with Crippen molar-refractivity contribution >= 4 is 5.71 Å². The van der Waals surface area contributed by atoms with Gasteiger partial charge in [0.05, 0.1) is 11.3 Å².